The number of ether oxygens (including phenoxy) is 2. The third-order valence-corrected chi connectivity index (χ3v) is 3.35. The predicted molar refractivity (Wildman–Crippen MR) is 91.5 cm³/mol. The second kappa shape index (κ2) is 11.7. The highest BCUT2D eigenvalue weighted by atomic mass is 16.5. The van der Waals surface area contributed by atoms with Gasteiger partial charge in [-0.1, -0.05) is 13.8 Å². The number of rotatable bonds is 9. The van der Waals surface area contributed by atoms with Gasteiger partial charge in [0.25, 0.3) is 0 Å². The Labute approximate surface area is 135 Å². The Morgan fingerprint density at radius 1 is 1.41 bits per heavy atom. The van der Waals surface area contributed by atoms with Crippen molar-refractivity contribution < 1.29 is 9.47 Å². The van der Waals surface area contributed by atoms with Gasteiger partial charge in [0.05, 0.1) is 19.3 Å². The van der Waals surface area contributed by atoms with E-state index < -0.39 is 0 Å². The van der Waals surface area contributed by atoms with Crippen LogP contribution >= 0.6 is 0 Å². The molecule has 0 saturated carbocycles. The van der Waals surface area contributed by atoms with Crippen LogP contribution in [0.25, 0.3) is 0 Å². The first-order valence-corrected chi connectivity index (χ1v) is 8.51. The van der Waals surface area contributed by atoms with Crippen molar-refractivity contribution in [3.63, 3.8) is 0 Å². The molecule has 0 aromatic rings. The van der Waals surface area contributed by atoms with E-state index in [4.69, 9.17) is 9.47 Å². The number of aliphatic imine (C=N–C) groups is 1. The average Bonchev–Trinajstić information content (AvgIpc) is 2.48. The van der Waals surface area contributed by atoms with Gasteiger partial charge in [-0.25, -0.2) is 0 Å². The summed E-state index contributed by atoms with van der Waals surface area (Å²) in [5, 5.41) is 6.62. The number of hydrogen-bond acceptors (Lipinski definition) is 4. The summed E-state index contributed by atoms with van der Waals surface area (Å²) in [4.78, 5) is 6.91. The van der Waals surface area contributed by atoms with Crippen LogP contribution in [0.5, 0.6) is 0 Å². The van der Waals surface area contributed by atoms with Crippen LogP contribution in [0.15, 0.2) is 4.99 Å². The molecule has 1 fully saturated rings. The van der Waals surface area contributed by atoms with E-state index in [0.717, 1.165) is 58.4 Å². The van der Waals surface area contributed by atoms with Gasteiger partial charge in [0.2, 0.25) is 0 Å². The molecular weight excluding hydrogens is 280 g/mol. The number of nitrogens with one attached hydrogen (secondary N) is 2. The van der Waals surface area contributed by atoms with Gasteiger partial charge in [-0.15, -0.1) is 0 Å². The molecule has 0 radical (unpaired) electrons. The Morgan fingerprint density at radius 2 is 2.23 bits per heavy atom. The van der Waals surface area contributed by atoms with Gasteiger partial charge in [0.1, 0.15) is 0 Å². The molecule has 130 valence electrons. The van der Waals surface area contributed by atoms with Crippen molar-refractivity contribution >= 4 is 5.96 Å². The summed E-state index contributed by atoms with van der Waals surface area (Å²) in [6.45, 7) is 13.2. The fourth-order valence-electron chi connectivity index (χ4n) is 2.21. The first-order chi connectivity index (χ1) is 10.6. The van der Waals surface area contributed by atoms with Crippen LogP contribution in [0.3, 0.4) is 0 Å². The third-order valence-electron chi connectivity index (χ3n) is 3.35. The fourth-order valence-corrected chi connectivity index (χ4v) is 2.21. The number of hydrogen-bond donors (Lipinski definition) is 2. The summed E-state index contributed by atoms with van der Waals surface area (Å²) in [6, 6.07) is 0. The van der Waals surface area contributed by atoms with Crippen molar-refractivity contribution in [3.05, 3.63) is 0 Å². The molecule has 0 amide bonds. The third kappa shape index (κ3) is 9.23. The van der Waals surface area contributed by atoms with Crippen LogP contribution in [-0.4, -0.2) is 76.6 Å². The Kier molecular flexibility index (Phi) is 10.2. The maximum Gasteiger partial charge on any atom is 0.191 e. The number of likely N-dealkylation sites (N-methyl/N-ethyl adjacent to an activating group) is 1. The van der Waals surface area contributed by atoms with Gasteiger partial charge in [-0.3, -0.25) is 4.99 Å². The standard InChI is InChI=1S/C16H34N4O2/c1-5-17-16(18-7-6-9-21-13-14(2)3)19-11-15-12-20(4)8-10-22-15/h14-15H,5-13H2,1-4H3,(H2,17,18,19). The zero-order chi connectivity index (χ0) is 16.2. The minimum absolute atomic E-state index is 0.198. The normalized spacial score (nSPS) is 20.4. The van der Waals surface area contributed by atoms with Crippen molar-refractivity contribution in [1.29, 1.82) is 0 Å². The minimum Gasteiger partial charge on any atom is -0.381 e. The molecule has 6 nitrogen and oxygen atoms in total. The van der Waals surface area contributed by atoms with Crippen LogP contribution in [-0.2, 0) is 9.47 Å². The van der Waals surface area contributed by atoms with E-state index in [9.17, 15) is 0 Å². The van der Waals surface area contributed by atoms with Crippen molar-refractivity contribution in [2.45, 2.75) is 33.3 Å². The average molecular weight is 314 g/mol. The van der Waals surface area contributed by atoms with Gasteiger partial charge >= 0.3 is 0 Å². The summed E-state index contributed by atoms with van der Waals surface area (Å²) < 4.78 is 11.3. The molecule has 1 heterocycles. The number of nitrogens with zero attached hydrogens (tertiary/aromatic N) is 2. The molecule has 1 atom stereocenters. The maximum atomic E-state index is 5.73. The lowest BCUT2D eigenvalue weighted by Crippen LogP contribution is -2.43. The first kappa shape index (κ1) is 19.2. The lowest BCUT2D eigenvalue weighted by atomic mass is 10.2. The second-order valence-corrected chi connectivity index (χ2v) is 6.22. The number of morpholine rings is 1. The van der Waals surface area contributed by atoms with E-state index in [2.05, 4.69) is 48.3 Å². The van der Waals surface area contributed by atoms with Crippen LogP contribution in [0.1, 0.15) is 27.2 Å². The molecule has 0 bridgehead atoms. The molecule has 2 N–H and O–H groups in total. The lowest BCUT2D eigenvalue weighted by Gasteiger charge is -2.29. The Balaban J connectivity index is 2.20. The molecule has 22 heavy (non-hydrogen) atoms. The van der Waals surface area contributed by atoms with Gasteiger partial charge in [0.15, 0.2) is 5.96 Å². The van der Waals surface area contributed by atoms with Crippen molar-refractivity contribution in [3.8, 4) is 0 Å². The highest BCUT2D eigenvalue weighted by Gasteiger charge is 2.17. The molecular formula is C16H34N4O2. The summed E-state index contributed by atoms with van der Waals surface area (Å²) in [5.41, 5.74) is 0. The van der Waals surface area contributed by atoms with Crippen molar-refractivity contribution in [2.24, 2.45) is 10.9 Å². The highest BCUT2D eigenvalue weighted by Crippen LogP contribution is 2.03. The van der Waals surface area contributed by atoms with Gasteiger partial charge in [-0.2, -0.15) is 0 Å². The lowest BCUT2D eigenvalue weighted by molar-refractivity contribution is -0.0136. The molecule has 0 spiro atoms. The quantitative estimate of drug-likeness (QED) is 0.377. The monoisotopic (exact) mass is 314 g/mol. The van der Waals surface area contributed by atoms with Crippen LogP contribution in [0.2, 0.25) is 0 Å². The van der Waals surface area contributed by atoms with E-state index in [1.54, 1.807) is 0 Å². The van der Waals surface area contributed by atoms with E-state index in [1.165, 1.54) is 0 Å². The van der Waals surface area contributed by atoms with E-state index in [0.29, 0.717) is 12.5 Å². The molecule has 0 aliphatic carbocycles. The van der Waals surface area contributed by atoms with Crippen LogP contribution in [0, 0.1) is 5.92 Å². The van der Waals surface area contributed by atoms with E-state index >= 15 is 0 Å². The molecule has 1 aliphatic heterocycles. The zero-order valence-electron chi connectivity index (χ0n) is 14.7. The predicted octanol–water partition coefficient (Wildman–Crippen LogP) is 0.935. The molecule has 1 rings (SSSR count). The van der Waals surface area contributed by atoms with Gasteiger partial charge < -0.3 is 25.0 Å². The largest absolute Gasteiger partial charge is 0.381 e. The summed E-state index contributed by atoms with van der Waals surface area (Å²) >= 11 is 0. The summed E-state index contributed by atoms with van der Waals surface area (Å²) in [7, 11) is 2.12. The van der Waals surface area contributed by atoms with Crippen LogP contribution < -0.4 is 10.6 Å². The first-order valence-electron chi connectivity index (χ1n) is 8.51. The van der Waals surface area contributed by atoms with E-state index in [-0.39, 0.29) is 6.10 Å². The van der Waals surface area contributed by atoms with Crippen molar-refractivity contribution in [1.82, 2.24) is 15.5 Å². The van der Waals surface area contributed by atoms with E-state index in [1.807, 2.05) is 0 Å². The Morgan fingerprint density at radius 3 is 2.91 bits per heavy atom. The molecule has 0 aromatic heterocycles. The van der Waals surface area contributed by atoms with Gasteiger partial charge in [-0.05, 0) is 26.3 Å². The highest BCUT2D eigenvalue weighted by molar-refractivity contribution is 5.79. The van der Waals surface area contributed by atoms with Crippen LogP contribution in [0.4, 0.5) is 0 Å². The Hall–Kier alpha value is -0.850. The SMILES string of the molecule is CCNC(=NCC1CN(C)CCO1)NCCCOCC(C)C. The molecule has 1 saturated heterocycles. The molecule has 0 aromatic carbocycles. The maximum absolute atomic E-state index is 5.73. The molecule has 1 unspecified atom stereocenters. The fraction of sp³-hybridized carbons (Fsp3) is 0.938. The summed E-state index contributed by atoms with van der Waals surface area (Å²) in [6.07, 6.45) is 1.18. The number of guanidine groups is 1. The molecule has 6 heteroatoms. The van der Waals surface area contributed by atoms with Crippen molar-refractivity contribution in [2.75, 3.05) is 59.6 Å². The Bertz CT molecular complexity index is 311. The smallest absolute Gasteiger partial charge is 0.191 e. The van der Waals surface area contributed by atoms with Gasteiger partial charge in [0, 0.05) is 39.4 Å². The minimum atomic E-state index is 0.198. The topological polar surface area (TPSA) is 58.1 Å². The molecule has 1 aliphatic rings. The summed E-state index contributed by atoms with van der Waals surface area (Å²) in [5.74, 6) is 1.46. The second-order valence-electron chi connectivity index (χ2n) is 6.22. The zero-order valence-corrected chi connectivity index (χ0v) is 14.7.